The molecule has 18 heavy (non-hydrogen) atoms. The normalized spacial score (nSPS) is 13.9. The Morgan fingerprint density at radius 1 is 1.22 bits per heavy atom. The van der Waals surface area contributed by atoms with E-state index in [0.717, 1.165) is 12.8 Å². The first-order valence-corrected chi connectivity index (χ1v) is 6.37. The molecule has 0 spiro atoms. The maximum Gasteiger partial charge on any atom is 0.258 e. The van der Waals surface area contributed by atoms with Crippen LogP contribution in [0.1, 0.15) is 32.3 Å². The third-order valence-electron chi connectivity index (χ3n) is 2.91. The van der Waals surface area contributed by atoms with Crippen molar-refractivity contribution in [3.63, 3.8) is 0 Å². The van der Waals surface area contributed by atoms with E-state index >= 15 is 0 Å². The number of amides is 1. The fraction of sp³-hybridized carbons (Fsp3) is 0.500. The molecule has 1 rings (SSSR count). The van der Waals surface area contributed by atoms with Gasteiger partial charge in [-0.1, -0.05) is 26.0 Å². The van der Waals surface area contributed by atoms with Crippen LogP contribution in [0.3, 0.4) is 0 Å². The van der Waals surface area contributed by atoms with Gasteiger partial charge < -0.3 is 16.2 Å². The topological polar surface area (TPSA) is 78.3 Å². The van der Waals surface area contributed by atoms with Crippen molar-refractivity contribution in [3.05, 3.63) is 29.8 Å². The molecular formula is C14H22N2O2. The SMILES string of the molecule is CCC(N)Cc1ccc(OC(CC)C(N)=O)cc1. The Bertz CT molecular complexity index is 376. The maximum absolute atomic E-state index is 11.1. The molecule has 0 radical (unpaired) electrons. The zero-order chi connectivity index (χ0) is 13.5. The summed E-state index contributed by atoms with van der Waals surface area (Å²) in [5, 5.41) is 0. The maximum atomic E-state index is 11.1. The van der Waals surface area contributed by atoms with Crippen LogP contribution in [0.15, 0.2) is 24.3 Å². The molecule has 0 bridgehead atoms. The standard InChI is InChI=1S/C14H22N2O2/c1-3-11(15)9-10-5-7-12(8-6-10)18-13(4-2)14(16)17/h5-8,11,13H,3-4,9,15H2,1-2H3,(H2,16,17). The molecule has 0 saturated heterocycles. The number of nitrogens with two attached hydrogens (primary N) is 2. The van der Waals surface area contributed by atoms with E-state index in [1.165, 1.54) is 5.56 Å². The van der Waals surface area contributed by atoms with E-state index in [0.29, 0.717) is 12.2 Å². The molecule has 0 saturated carbocycles. The number of hydrogen-bond donors (Lipinski definition) is 2. The van der Waals surface area contributed by atoms with E-state index in [-0.39, 0.29) is 6.04 Å². The van der Waals surface area contributed by atoms with Crippen molar-refractivity contribution in [2.75, 3.05) is 0 Å². The van der Waals surface area contributed by atoms with Gasteiger partial charge in [0.25, 0.3) is 5.91 Å². The molecule has 100 valence electrons. The molecule has 0 aliphatic rings. The minimum atomic E-state index is -0.561. The quantitative estimate of drug-likeness (QED) is 0.771. The van der Waals surface area contributed by atoms with Gasteiger partial charge in [-0.3, -0.25) is 4.79 Å². The van der Waals surface area contributed by atoms with Crippen LogP contribution < -0.4 is 16.2 Å². The highest BCUT2D eigenvalue weighted by atomic mass is 16.5. The largest absolute Gasteiger partial charge is 0.481 e. The zero-order valence-electron chi connectivity index (χ0n) is 11.1. The second kappa shape index (κ2) is 7.01. The third-order valence-corrected chi connectivity index (χ3v) is 2.91. The van der Waals surface area contributed by atoms with E-state index in [2.05, 4.69) is 6.92 Å². The molecule has 0 fully saturated rings. The van der Waals surface area contributed by atoms with E-state index in [4.69, 9.17) is 16.2 Å². The van der Waals surface area contributed by atoms with E-state index in [9.17, 15) is 4.79 Å². The van der Waals surface area contributed by atoms with Crippen molar-refractivity contribution >= 4 is 5.91 Å². The Morgan fingerprint density at radius 2 is 1.83 bits per heavy atom. The Kier molecular flexibility index (Phi) is 5.65. The molecule has 0 aliphatic carbocycles. The molecule has 4 nitrogen and oxygen atoms in total. The summed E-state index contributed by atoms with van der Waals surface area (Å²) in [6.07, 6.45) is 1.81. The lowest BCUT2D eigenvalue weighted by Gasteiger charge is -2.14. The summed E-state index contributed by atoms with van der Waals surface area (Å²) in [5.41, 5.74) is 12.3. The monoisotopic (exact) mass is 250 g/mol. The van der Waals surface area contributed by atoms with Gasteiger partial charge >= 0.3 is 0 Å². The van der Waals surface area contributed by atoms with Crippen LogP contribution in [0.2, 0.25) is 0 Å². The first-order valence-electron chi connectivity index (χ1n) is 6.37. The van der Waals surface area contributed by atoms with Crippen LogP contribution in [0, 0.1) is 0 Å². The Hall–Kier alpha value is -1.55. The lowest BCUT2D eigenvalue weighted by molar-refractivity contribution is -0.124. The minimum Gasteiger partial charge on any atom is -0.481 e. The van der Waals surface area contributed by atoms with Gasteiger partial charge in [-0.25, -0.2) is 0 Å². The van der Waals surface area contributed by atoms with Gasteiger partial charge in [-0.05, 0) is 37.0 Å². The summed E-state index contributed by atoms with van der Waals surface area (Å²) in [5.74, 6) is 0.226. The number of rotatable bonds is 7. The molecule has 1 aromatic carbocycles. The van der Waals surface area contributed by atoms with Crippen LogP contribution in [-0.2, 0) is 11.2 Å². The highest BCUT2D eigenvalue weighted by Gasteiger charge is 2.14. The molecule has 4 heteroatoms. The number of benzene rings is 1. The summed E-state index contributed by atoms with van der Waals surface area (Å²) >= 11 is 0. The lowest BCUT2D eigenvalue weighted by atomic mass is 10.0. The second-order valence-electron chi connectivity index (χ2n) is 4.43. The molecule has 0 heterocycles. The highest BCUT2D eigenvalue weighted by molar-refractivity contribution is 5.79. The van der Waals surface area contributed by atoms with Crippen LogP contribution in [-0.4, -0.2) is 18.1 Å². The molecule has 2 atom stereocenters. The summed E-state index contributed by atoms with van der Waals surface area (Å²) in [6.45, 7) is 3.94. The summed E-state index contributed by atoms with van der Waals surface area (Å²) in [4.78, 5) is 11.1. The fourth-order valence-corrected chi connectivity index (χ4v) is 1.66. The fourth-order valence-electron chi connectivity index (χ4n) is 1.66. The van der Waals surface area contributed by atoms with Crippen LogP contribution >= 0.6 is 0 Å². The molecule has 0 aromatic heterocycles. The van der Waals surface area contributed by atoms with Gasteiger partial charge in [0.05, 0.1) is 0 Å². The van der Waals surface area contributed by atoms with Gasteiger partial charge in [0.1, 0.15) is 5.75 Å². The van der Waals surface area contributed by atoms with Crippen LogP contribution in [0.25, 0.3) is 0 Å². The van der Waals surface area contributed by atoms with Gasteiger partial charge in [-0.15, -0.1) is 0 Å². The average molecular weight is 250 g/mol. The van der Waals surface area contributed by atoms with E-state index < -0.39 is 12.0 Å². The predicted molar refractivity (Wildman–Crippen MR) is 72.3 cm³/mol. The molecule has 4 N–H and O–H groups in total. The number of carbonyl (C=O) groups is 1. The second-order valence-corrected chi connectivity index (χ2v) is 4.43. The number of carbonyl (C=O) groups excluding carboxylic acids is 1. The first kappa shape index (κ1) is 14.5. The van der Waals surface area contributed by atoms with E-state index in [1.807, 2.05) is 31.2 Å². The van der Waals surface area contributed by atoms with Gasteiger partial charge in [0.2, 0.25) is 0 Å². The number of ether oxygens (including phenoxy) is 1. The molecule has 1 amide bonds. The average Bonchev–Trinajstić information content (AvgIpc) is 2.37. The number of hydrogen-bond acceptors (Lipinski definition) is 3. The first-order chi connectivity index (χ1) is 8.56. The molecular weight excluding hydrogens is 228 g/mol. The minimum absolute atomic E-state index is 0.186. The number of primary amides is 1. The van der Waals surface area contributed by atoms with Crippen molar-refractivity contribution in [1.29, 1.82) is 0 Å². The highest BCUT2D eigenvalue weighted by Crippen LogP contribution is 2.16. The van der Waals surface area contributed by atoms with Crippen LogP contribution in [0.5, 0.6) is 5.75 Å². The summed E-state index contributed by atoms with van der Waals surface area (Å²) in [6, 6.07) is 7.83. The van der Waals surface area contributed by atoms with Crippen LogP contribution in [0.4, 0.5) is 0 Å². The van der Waals surface area contributed by atoms with Crippen molar-refractivity contribution in [2.45, 2.75) is 45.3 Å². The molecule has 2 unspecified atom stereocenters. The van der Waals surface area contributed by atoms with Gasteiger partial charge in [0.15, 0.2) is 6.10 Å². The van der Waals surface area contributed by atoms with Crippen molar-refractivity contribution in [1.82, 2.24) is 0 Å². The lowest BCUT2D eigenvalue weighted by Crippen LogP contribution is -2.32. The van der Waals surface area contributed by atoms with E-state index in [1.54, 1.807) is 0 Å². The summed E-state index contributed by atoms with van der Waals surface area (Å²) < 4.78 is 5.51. The third kappa shape index (κ3) is 4.37. The summed E-state index contributed by atoms with van der Waals surface area (Å²) in [7, 11) is 0. The molecule has 0 aliphatic heterocycles. The van der Waals surface area contributed by atoms with Crippen molar-refractivity contribution in [2.24, 2.45) is 11.5 Å². The smallest absolute Gasteiger partial charge is 0.258 e. The van der Waals surface area contributed by atoms with Gasteiger partial charge in [-0.2, -0.15) is 0 Å². The Labute approximate surface area is 108 Å². The van der Waals surface area contributed by atoms with Crippen molar-refractivity contribution < 1.29 is 9.53 Å². The Morgan fingerprint density at radius 3 is 2.28 bits per heavy atom. The van der Waals surface area contributed by atoms with Gasteiger partial charge in [0, 0.05) is 6.04 Å². The predicted octanol–water partition coefficient (Wildman–Crippen LogP) is 1.61. The van der Waals surface area contributed by atoms with Crippen molar-refractivity contribution in [3.8, 4) is 5.75 Å². The molecule has 1 aromatic rings. The Balaban J connectivity index is 2.62. The zero-order valence-corrected chi connectivity index (χ0v) is 11.1.